The Bertz CT molecular complexity index is 202. The minimum atomic E-state index is -0.540. The van der Waals surface area contributed by atoms with E-state index in [0.29, 0.717) is 0 Å². The third-order valence-electron chi connectivity index (χ3n) is 1.99. The first kappa shape index (κ1) is 12.1. The standard InChI is InChI=1S/C9H18N2O2/c1-5(2)8(10)9(13)11-6(3)7(4)12/h5-6,8H,10H2,1-4H3,(H,11,13)/t6-,8?/m0/s1. The Labute approximate surface area is 78.9 Å². The average molecular weight is 186 g/mol. The van der Waals surface area contributed by atoms with E-state index in [-0.39, 0.29) is 17.6 Å². The third kappa shape index (κ3) is 4.03. The van der Waals surface area contributed by atoms with E-state index in [4.69, 9.17) is 5.73 Å². The monoisotopic (exact) mass is 186 g/mol. The van der Waals surface area contributed by atoms with Crippen molar-refractivity contribution in [2.24, 2.45) is 11.7 Å². The van der Waals surface area contributed by atoms with Crippen molar-refractivity contribution in [1.82, 2.24) is 5.32 Å². The number of hydrogen-bond acceptors (Lipinski definition) is 3. The molecule has 0 aromatic carbocycles. The van der Waals surface area contributed by atoms with Crippen LogP contribution < -0.4 is 11.1 Å². The Morgan fingerprint density at radius 2 is 1.69 bits per heavy atom. The van der Waals surface area contributed by atoms with Crippen LogP contribution in [-0.4, -0.2) is 23.8 Å². The van der Waals surface area contributed by atoms with Crippen LogP contribution in [0.1, 0.15) is 27.7 Å². The number of hydrogen-bond donors (Lipinski definition) is 2. The molecule has 0 aliphatic rings. The number of carbonyl (C=O) groups excluding carboxylic acids is 2. The van der Waals surface area contributed by atoms with Gasteiger partial charge in [-0.15, -0.1) is 0 Å². The minimum absolute atomic E-state index is 0.0655. The lowest BCUT2D eigenvalue weighted by atomic mass is 10.0. The van der Waals surface area contributed by atoms with Gasteiger partial charge in [-0.3, -0.25) is 9.59 Å². The highest BCUT2D eigenvalue weighted by Gasteiger charge is 2.19. The van der Waals surface area contributed by atoms with E-state index < -0.39 is 12.1 Å². The van der Waals surface area contributed by atoms with Gasteiger partial charge in [-0.25, -0.2) is 0 Å². The molecule has 0 spiro atoms. The highest BCUT2D eigenvalue weighted by molar-refractivity contribution is 5.89. The zero-order valence-corrected chi connectivity index (χ0v) is 8.63. The van der Waals surface area contributed by atoms with E-state index in [1.807, 2.05) is 13.8 Å². The zero-order valence-electron chi connectivity index (χ0n) is 8.63. The van der Waals surface area contributed by atoms with Crippen LogP contribution in [0.25, 0.3) is 0 Å². The van der Waals surface area contributed by atoms with Gasteiger partial charge in [0, 0.05) is 0 Å². The smallest absolute Gasteiger partial charge is 0.237 e. The summed E-state index contributed by atoms with van der Waals surface area (Å²) >= 11 is 0. The summed E-state index contributed by atoms with van der Waals surface area (Å²) in [6.07, 6.45) is 0. The molecule has 13 heavy (non-hydrogen) atoms. The molecule has 0 aliphatic carbocycles. The Hall–Kier alpha value is -0.900. The molecule has 3 N–H and O–H groups in total. The van der Waals surface area contributed by atoms with Crippen molar-refractivity contribution in [3.05, 3.63) is 0 Å². The molecule has 1 unspecified atom stereocenters. The predicted octanol–water partition coefficient (Wildman–Crippen LogP) is 0.0634. The molecule has 4 nitrogen and oxygen atoms in total. The SMILES string of the molecule is CC(=O)[C@H](C)NC(=O)C(N)C(C)C. The maximum atomic E-state index is 11.3. The molecule has 2 atom stereocenters. The lowest BCUT2D eigenvalue weighted by molar-refractivity contribution is -0.127. The fourth-order valence-electron chi connectivity index (χ4n) is 0.714. The minimum Gasteiger partial charge on any atom is -0.345 e. The van der Waals surface area contributed by atoms with Gasteiger partial charge in [-0.2, -0.15) is 0 Å². The summed E-state index contributed by atoms with van der Waals surface area (Å²) in [6, 6.07) is -0.987. The van der Waals surface area contributed by atoms with Crippen LogP contribution in [0, 0.1) is 5.92 Å². The average Bonchev–Trinajstić information content (AvgIpc) is 2.02. The molecule has 76 valence electrons. The number of ketones is 1. The maximum absolute atomic E-state index is 11.3. The number of nitrogens with one attached hydrogen (secondary N) is 1. The second-order valence-corrected chi connectivity index (χ2v) is 3.61. The van der Waals surface area contributed by atoms with Gasteiger partial charge in [0.05, 0.1) is 12.1 Å². The Morgan fingerprint density at radius 3 is 2.00 bits per heavy atom. The van der Waals surface area contributed by atoms with Crippen molar-refractivity contribution in [2.45, 2.75) is 39.8 Å². The molecule has 0 rings (SSSR count). The van der Waals surface area contributed by atoms with Crippen molar-refractivity contribution >= 4 is 11.7 Å². The molecule has 0 bridgehead atoms. The summed E-state index contributed by atoms with van der Waals surface area (Å²) in [7, 11) is 0. The summed E-state index contributed by atoms with van der Waals surface area (Å²) in [5, 5.41) is 2.55. The number of Topliss-reactive ketones (excluding diaryl/α,β-unsaturated/α-hetero) is 1. The van der Waals surface area contributed by atoms with Gasteiger partial charge < -0.3 is 11.1 Å². The summed E-state index contributed by atoms with van der Waals surface area (Å²) in [5.74, 6) is -0.249. The van der Waals surface area contributed by atoms with Crippen molar-refractivity contribution < 1.29 is 9.59 Å². The van der Waals surface area contributed by atoms with Gasteiger partial charge in [-0.1, -0.05) is 13.8 Å². The fourth-order valence-corrected chi connectivity index (χ4v) is 0.714. The first-order chi connectivity index (χ1) is 5.86. The Kier molecular flexibility index (Phi) is 4.62. The lowest BCUT2D eigenvalue weighted by Crippen LogP contribution is -2.48. The lowest BCUT2D eigenvalue weighted by Gasteiger charge is -2.17. The van der Waals surface area contributed by atoms with Crippen LogP contribution in [-0.2, 0) is 9.59 Å². The van der Waals surface area contributed by atoms with Gasteiger partial charge in [-0.05, 0) is 19.8 Å². The third-order valence-corrected chi connectivity index (χ3v) is 1.99. The molecule has 0 aromatic rings. The number of nitrogens with two attached hydrogens (primary N) is 1. The summed E-state index contributed by atoms with van der Waals surface area (Å²) < 4.78 is 0. The molecule has 0 aromatic heterocycles. The quantitative estimate of drug-likeness (QED) is 0.652. The second-order valence-electron chi connectivity index (χ2n) is 3.61. The van der Waals surface area contributed by atoms with Crippen molar-refractivity contribution in [1.29, 1.82) is 0 Å². The van der Waals surface area contributed by atoms with Gasteiger partial charge in [0.25, 0.3) is 0 Å². The van der Waals surface area contributed by atoms with Gasteiger partial charge in [0.15, 0.2) is 5.78 Å². The molecule has 0 saturated carbocycles. The van der Waals surface area contributed by atoms with E-state index in [1.165, 1.54) is 6.92 Å². The van der Waals surface area contributed by atoms with Gasteiger partial charge >= 0.3 is 0 Å². The molecule has 0 heterocycles. The molecule has 4 heteroatoms. The normalized spacial score (nSPS) is 15.2. The van der Waals surface area contributed by atoms with Crippen LogP contribution in [0.3, 0.4) is 0 Å². The topological polar surface area (TPSA) is 72.2 Å². The molecule has 0 aliphatic heterocycles. The van der Waals surface area contributed by atoms with Crippen LogP contribution in [0.5, 0.6) is 0 Å². The first-order valence-corrected chi connectivity index (χ1v) is 4.42. The predicted molar refractivity (Wildman–Crippen MR) is 51.1 cm³/mol. The summed E-state index contributed by atoms with van der Waals surface area (Å²) in [4.78, 5) is 22.1. The Morgan fingerprint density at radius 1 is 1.23 bits per heavy atom. The van der Waals surface area contributed by atoms with Crippen LogP contribution in [0.4, 0.5) is 0 Å². The molecule has 0 radical (unpaired) electrons. The van der Waals surface area contributed by atoms with E-state index in [9.17, 15) is 9.59 Å². The maximum Gasteiger partial charge on any atom is 0.237 e. The Balaban J connectivity index is 4.08. The fraction of sp³-hybridized carbons (Fsp3) is 0.778. The molecular formula is C9H18N2O2. The van der Waals surface area contributed by atoms with Gasteiger partial charge in [0.2, 0.25) is 5.91 Å². The number of rotatable bonds is 4. The van der Waals surface area contributed by atoms with E-state index in [0.717, 1.165) is 0 Å². The van der Waals surface area contributed by atoms with Crippen LogP contribution in [0.2, 0.25) is 0 Å². The largest absolute Gasteiger partial charge is 0.345 e. The number of carbonyl (C=O) groups is 2. The molecule has 1 amide bonds. The van der Waals surface area contributed by atoms with Gasteiger partial charge in [0.1, 0.15) is 0 Å². The molecular weight excluding hydrogens is 168 g/mol. The summed E-state index contributed by atoms with van der Waals surface area (Å²) in [6.45, 7) is 6.81. The number of amides is 1. The second kappa shape index (κ2) is 4.97. The van der Waals surface area contributed by atoms with E-state index in [2.05, 4.69) is 5.32 Å². The molecule has 0 fully saturated rings. The zero-order chi connectivity index (χ0) is 10.6. The van der Waals surface area contributed by atoms with Crippen LogP contribution >= 0.6 is 0 Å². The summed E-state index contributed by atoms with van der Waals surface area (Å²) in [5.41, 5.74) is 5.59. The van der Waals surface area contributed by atoms with Crippen molar-refractivity contribution in [2.75, 3.05) is 0 Å². The highest BCUT2D eigenvalue weighted by Crippen LogP contribution is 1.98. The van der Waals surface area contributed by atoms with Crippen molar-refractivity contribution in [3.63, 3.8) is 0 Å². The first-order valence-electron chi connectivity index (χ1n) is 4.42. The highest BCUT2D eigenvalue weighted by atomic mass is 16.2. The van der Waals surface area contributed by atoms with E-state index >= 15 is 0 Å². The van der Waals surface area contributed by atoms with Crippen LogP contribution in [0.15, 0.2) is 0 Å². The molecule has 0 saturated heterocycles. The van der Waals surface area contributed by atoms with E-state index in [1.54, 1.807) is 6.92 Å². The van der Waals surface area contributed by atoms with Crippen molar-refractivity contribution in [3.8, 4) is 0 Å².